The molecule has 0 atom stereocenters. The van der Waals surface area contributed by atoms with Gasteiger partial charge in [0.1, 0.15) is 0 Å². The lowest BCUT2D eigenvalue weighted by Crippen LogP contribution is -2.29. The normalized spacial score (nSPS) is 17.5. The second-order valence-electron chi connectivity index (χ2n) is 4.61. The SMILES string of the molecule is CCC1(C(SCCSCCS)SCCSCCS)SCCS1. The molecule has 1 aliphatic heterocycles. The largest absolute Gasteiger partial charge is 0.179 e. The van der Waals surface area contributed by atoms with Crippen molar-refractivity contribution < 1.29 is 0 Å². The highest BCUT2D eigenvalue weighted by Gasteiger charge is 2.42. The third-order valence-corrected chi connectivity index (χ3v) is 14.1. The van der Waals surface area contributed by atoms with Gasteiger partial charge in [0.25, 0.3) is 0 Å². The van der Waals surface area contributed by atoms with Crippen LogP contribution in [0.5, 0.6) is 0 Å². The minimum atomic E-state index is 0.456. The molecule has 0 amide bonds. The Morgan fingerprint density at radius 3 is 1.77 bits per heavy atom. The Morgan fingerprint density at radius 1 is 0.864 bits per heavy atom. The van der Waals surface area contributed by atoms with E-state index in [9.17, 15) is 0 Å². The van der Waals surface area contributed by atoms with Crippen LogP contribution >= 0.6 is 95.8 Å². The highest BCUT2D eigenvalue weighted by Crippen LogP contribution is 2.55. The van der Waals surface area contributed by atoms with E-state index in [0.717, 1.165) is 16.1 Å². The lowest BCUT2D eigenvalue weighted by Gasteiger charge is -2.34. The van der Waals surface area contributed by atoms with E-state index in [1.165, 1.54) is 52.4 Å². The second-order valence-corrected chi connectivity index (χ2v) is 13.8. The van der Waals surface area contributed by atoms with Crippen LogP contribution in [0.2, 0.25) is 0 Å². The smallest absolute Gasteiger partial charge is 0.0817 e. The molecular weight excluding hydrogens is 425 g/mol. The minimum Gasteiger partial charge on any atom is -0.179 e. The van der Waals surface area contributed by atoms with Crippen LogP contribution in [-0.2, 0) is 0 Å². The van der Waals surface area contributed by atoms with Gasteiger partial charge in [-0.25, -0.2) is 0 Å². The van der Waals surface area contributed by atoms with Gasteiger partial charge in [0, 0.05) is 46.0 Å². The Morgan fingerprint density at radius 2 is 1.36 bits per heavy atom. The first kappa shape index (κ1) is 22.8. The molecule has 0 aliphatic carbocycles. The van der Waals surface area contributed by atoms with Crippen molar-refractivity contribution in [2.75, 3.05) is 57.5 Å². The number of thiol groups is 2. The molecule has 1 fully saturated rings. The fourth-order valence-electron chi connectivity index (χ4n) is 2.04. The molecule has 0 aromatic heterocycles. The number of hydrogen-bond acceptors (Lipinski definition) is 8. The summed E-state index contributed by atoms with van der Waals surface area (Å²) >= 11 is 21.5. The molecule has 1 rings (SSSR count). The Bertz CT molecular complexity index is 243. The average Bonchev–Trinajstić information content (AvgIpc) is 3.02. The van der Waals surface area contributed by atoms with Crippen LogP contribution < -0.4 is 0 Å². The Balaban J connectivity index is 2.38. The van der Waals surface area contributed by atoms with Crippen molar-refractivity contribution in [1.29, 1.82) is 0 Å². The van der Waals surface area contributed by atoms with Crippen LogP contribution in [0.4, 0.5) is 0 Å². The average molecular weight is 453 g/mol. The molecule has 8 heteroatoms. The van der Waals surface area contributed by atoms with Crippen molar-refractivity contribution in [2.45, 2.75) is 22.0 Å². The van der Waals surface area contributed by atoms with Crippen molar-refractivity contribution in [1.82, 2.24) is 0 Å². The predicted octanol–water partition coefficient (Wildman–Crippen LogP) is 5.69. The van der Waals surface area contributed by atoms with Gasteiger partial charge in [-0.1, -0.05) is 6.92 Å². The highest BCUT2D eigenvalue weighted by atomic mass is 32.2. The Labute approximate surface area is 174 Å². The zero-order valence-electron chi connectivity index (χ0n) is 13.2. The predicted molar refractivity (Wildman–Crippen MR) is 129 cm³/mol. The quantitative estimate of drug-likeness (QED) is 0.196. The molecule has 0 nitrogen and oxygen atoms in total. The molecule has 0 aromatic rings. The molecule has 0 spiro atoms. The van der Waals surface area contributed by atoms with E-state index < -0.39 is 0 Å². The fourth-order valence-corrected chi connectivity index (χ4v) is 11.9. The van der Waals surface area contributed by atoms with E-state index in [1.807, 2.05) is 23.5 Å². The van der Waals surface area contributed by atoms with Gasteiger partial charge >= 0.3 is 0 Å². The molecule has 0 N–H and O–H groups in total. The van der Waals surface area contributed by atoms with E-state index in [0.29, 0.717) is 4.08 Å². The molecule has 0 bridgehead atoms. The fraction of sp³-hybridized carbons (Fsp3) is 1.00. The number of rotatable bonds is 14. The lowest BCUT2D eigenvalue weighted by atomic mass is 10.3. The van der Waals surface area contributed by atoms with Gasteiger partial charge in [-0.05, 0) is 17.9 Å². The minimum absolute atomic E-state index is 0.456. The zero-order valence-corrected chi connectivity index (χ0v) is 19.9. The summed E-state index contributed by atoms with van der Waals surface area (Å²) in [7, 11) is 0. The molecule has 132 valence electrons. The first-order valence-electron chi connectivity index (χ1n) is 7.67. The topological polar surface area (TPSA) is 0 Å². The van der Waals surface area contributed by atoms with E-state index in [2.05, 4.69) is 79.2 Å². The summed E-state index contributed by atoms with van der Waals surface area (Å²) in [4.78, 5) is 0. The van der Waals surface area contributed by atoms with Gasteiger partial charge in [0.15, 0.2) is 0 Å². The summed E-state index contributed by atoms with van der Waals surface area (Å²) < 4.78 is 1.20. The summed E-state index contributed by atoms with van der Waals surface area (Å²) in [6, 6.07) is 0. The molecule has 1 saturated heterocycles. The number of hydrogen-bond donors (Lipinski definition) is 2. The standard InChI is InChI=1S/C14H28S8/c1-2-14(21-11-12-22-14)13(19-9-7-17-5-3-15)20-10-8-18-6-4-16/h13,15-16H,2-12H2,1H3. The zero-order chi connectivity index (χ0) is 16.1. The van der Waals surface area contributed by atoms with Gasteiger partial charge in [-0.3, -0.25) is 0 Å². The van der Waals surface area contributed by atoms with Gasteiger partial charge < -0.3 is 0 Å². The summed E-state index contributed by atoms with van der Waals surface area (Å²) in [6.45, 7) is 2.38. The molecule has 1 heterocycles. The maximum Gasteiger partial charge on any atom is 0.0817 e. The maximum atomic E-state index is 4.29. The van der Waals surface area contributed by atoms with Gasteiger partial charge in [0.05, 0.1) is 8.66 Å². The molecular formula is C14H28S8. The Hall–Kier alpha value is 2.80. The van der Waals surface area contributed by atoms with E-state index >= 15 is 0 Å². The maximum absolute atomic E-state index is 4.29. The van der Waals surface area contributed by atoms with Crippen molar-refractivity contribution in [3.63, 3.8) is 0 Å². The first-order chi connectivity index (χ1) is 10.8. The van der Waals surface area contributed by atoms with Crippen molar-refractivity contribution in [3.8, 4) is 0 Å². The molecule has 0 aromatic carbocycles. The second kappa shape index (κ2) is 14.9. The molecule has 22 heavy (non-hydrogen) atoms. The molecule has 0 unspecified atom stereocenters. The van der Waals surface area contributed by atoms with Gasteiger partial charge in [-0.15, -0.1) is 47.0 Å². The molecule has 0 radical (unpaired) electrons. The van der Waals surface area contributed by atoms with Crippen LogP contribution in [0.3, 0.4) is 0 Å². The van der Waals surface area contributed by atoms with Crippen LogP contribution in [0.25, 0.3) is 0 Å². The Kier molecular flexibility index (Phi) is 15.5. The third-order valence-electron chi connectivity index (χ3n) is 3.09. The monoisotopic (exact) mass is 452 g/mol. The molecule has 1 aliphatic rings. The van der Waals surface area contributed by atoms with Crippen LogP contribution in [0.15, 0.2) is 0 Å². The first-order valence-corrected chi connectivity index (χ1v) is 15.3. The van der Waals surface area contributed by atoms with Gasteiger partial charge in [-0.2, -0.15) is 48.8 Å². The van der Waals surface area contributed by atoms with Crippen LogP contribution in [0, 0.1) is 0 Å². The third kappa shape index (κ3) is 8.95. The summed E-state index contributed by atoms with van der Waals surface area (Å²) in [5, 5.41) is 0. The van der Waals surface area contributed by atoms with Crippen LogP contribution in [-0.4, -0.2) is 66.2 Å². The van der Waals surface area contributed by atoms with Crippen LogP contribution in [0.1, 0.15) is 13.3 Å². The van der Waals surface area contributed by atoms with E-state index in [-0.39, 0.29) is 0 Å². The van der Waals surface area contributed by atoms with E-state index in [1.54, 1.807) is 0 Å². The molecule has 0 saturated carbocycles. The van der Waals surface area contributed by atoms with E-state index in [4.69, 9.17) is 0 Å². The summed E-state index contributed by atoms with van der Waals surface area (Å²) in [5.74, 6) is 12.1. The summed E-state index contributed by atoms with van der Waals surface area (Å²) in [5.41, 5.74) is 0. The van der Waals surface area contributed by atoms with Crippen molar-refractivity contribution in [3.05, 3.63) is 0 Å². The van der Waals surface area contributed by atoms with Crippen molar-refractivity contribution in [2.24, 2.45) is 0 Å². The van der Waals surface area contributed by atoms with Crippen molar-refractivity contribution >= 4 is 95.8 Å². The lowest BCUT2D eigenvalue weighted by molar-refractivity contribution is 0.839. The highest BCUT2D eigenvalue weighted by molar-refractivity contribution is 8.26. The summed E-state index contributed by atoms with van der Waals surface area (Å²) in [6.07, 6.45) is 1.29. The number of thioether (sulfide) groups is 6. The van der Waals surface area contributed by atoms with Gasteiger partial charge in [0.2, 0.25) is 0 Å².